The van der Waals surface area contributed by atoms with E-state index in [-0.39, 0.29) is 22.5 Å². The van der Waals surface area contributed by atoms with Crippen molar-refractivity contribution in [3.63, 3.8) is 0 Å². The normalized spacial score (nSPS) is 20.9. The van der Waals surface area contributed by atoms with Crippen LogP contribution in [-0.2, 0) is 32.5 Å². The maximum atomic E-state index is 12.3. The van der Waals surface area contributed by atoms with E-state index in [0.29, 0.717) is 62.1 Å². The zero-order chi connectivity index (χ0) is 40.6. The number of hydrogen-bond acceptors (Lipinski definition) is 7. The average Bonchev–Trinajstić information content (AvgIpc) is 3.10. The van der Waals surface area contributed by atoms with Crippen LogP contribution in [0.15, 0.2) is 0 Å². The minimum Gasteiger partial charge on any atom is -0.374 e. The van der Waals surface area contributed by atoms with Gasteiger partial charge in [-0.3, -0.25) is 19.2 Å². The van der Waals surface area contributed by atoms with Crippen molar-refractivity contribution in [3.05, 3.63) is 0 Å². The molecule has 0 heterocycles. The highest BCUT2D eigenvalue weighted by atomic mass is 28.4. The lowest BCUT2D eigenvalue weighted by molar-refractivity contribution is -0.128. The fourth-order valence-corrected chi connectivity index (χ4v) is 10.5. The van der Waals surface area contributed by atoms with Gasteiger partial charge in [-0.25, -0.2) is 0 Å². The first-order valence-corrected chi connectivity index (χ1v) is 24.2. The highest BCUT2D eigenvalue weighted by Crippen LogP contribution is 2.40. The van der Waals surface area contributed by atoms with E-state index in [4.69, 9.17) is 13.3 Å². The molecule has 2 rings (SSSR count). The van der Waals surface area contributed by atoms with Gasteiger partial charge in [0.25, 0.3) is 0 Å². The van der Waals surface area contributed by atoms with Gasteiger partial charge in [0.1, 0.15) is 17.3 Å². The predicted molar refractivity (Wildman–Crippen MR) is 224 cm³/mol. The summed E-state index contributed by atoms with van der Waals surface area (Å²) in [5.41, 5.74) is -0.499. The molecule has 9 heteroatoms. The van der Waals surface area contributed by atoms with Crippen LogP contribution in [0.5, 0.6) is 0 Å². The lowest BCUT2D eigenvalue weighted by atomic mass is 9.71. The Bertz CT molecular complexity index is 1030. The van der Waals surface area contributed by atoms with Gasteiger partial charge in [-0.15, -0.1) is 0 Å². The maximum Gasteiger partial charge on any atom is 0.501 e. The number of amides is 1. The molecular weight excluding hydrogens is 695 g/mol. The smallest absolute Gasteiger partial charge is 0.374 e. The summed E-state index contributed by atoms with van der Waals surface area (Å²) in [7, 11) is -2.71. The summed E-state index contributed by atoms with van der Waals surface area (Å²) in [5, 5.41) is 2.97. The molecule has 2 fully saturated rings. The van der Waals surface area contributed by atoms with Crippen LogP contribution in [0.1, 0.15) is 198 Å². The molecule has 1 amide bonds. The maximum absolute atomic E-state index is 12.3. The molecular formula is C45H85NO7Si. The number of Topliss-reactive ketones (excluding diaryl/α,β-unsaturated/α-hetero) is 3. The van der Waals surface area contributed by atoms with Gasteiger partial charge < -0.3 is 18.6 Å². The van der Waals surface area contributed by atoms with Crippen molar-refractivity contribution in [1.82, 2.24) is 5.32 Å². The number of carbonyl (C=O) groups is 4. The second kappa shape index (κ2) is 27.3. The van der Waals surface area contributed by atoms with E-state index in [9.17, 15) is 19.2 Å². The number of ketones is 3. The van der Waals surface area contributed by atoms with Gasteiger partial charge in [0, 0.05) is 75.3 Å². The van der Waals surface area contributed by atoms with Crippen LogP contribution in [0.2, 0.25) is 6.04 Å². The van der Waals surface area contributed by atoms with Gasteiger partial charge in [0.2, 0.25) is 5.91 Å². The van der Waals surface area contributed by atoms with Crippen LogP contribution in [0.4, 0.5) is 0 Å². The molecule has 0 bridgehead atoms. The summed E-state index contributed by atoms with van der Waals surface area (Å²) >= 11 is 0. The SMILES string of the molecule is CCCC(=O)CC1CCC(CC2CCC(CC(=O)C(C)(C)C)CC2)CC1.CCO[Si](CCC(=O)CCCCCCCNC(=O)C(C)(C)C)(OCC)OCC. The Morgan fingerprint density at radius 3 is 1.48 bits per heavy atom. The van der Waals surface area contributed by atoms with Gasteiger partial charge in [-0.05, 0) is 95.8 Å². The van der Waals surface area contributed by atoms with Crippen molar-refractivity contribution in [2.75, 3.05) is 26.4 Å². The fraction of sp³-hybridized carbons (Fsp3) is 0.911. The molecule has 0 radical (unpaired) electrons. The summed E-state index contributed by atoms with van der Waals surface area (Å²) < 4.78 is 17.4. The van der Waals surface area contributed by atoms with Crippen LogP contribution in [0.25, 0.3) is 0 Å². The van der Waals surface area contributed by atoms with Crippen LogP contribution in [-0.4, -0.2) is 58.4 Å². The van der Waals surface area contributed by atoms with Crippen LogP contribution in [0.3, 0.4) is 0 Å². The Labute approximate surface area is 333 Å². The summed E-state index contributed by atoms with van der Waals surface area (Å²) in [6.07, 6.45) is 21.4. The fourth-order valence-electron chi connectivity index (χ4n) is 7.95. The molecule has 54 heavy (non-hydrogen) atoms. The lowest BCUT2D eigenvalue weighted by Gasteiger charge is -2.34. The lowest BCUT2D eigenvalue weighted by Crippen LogP contribution is -2.46. The molecule has 0 aliphatic heterocycles. The molecule has 0 aromatic rings. The van der Waals surface area contributed by atoms with Crippen molar-refractivity contribution >= 4 is 32.1 Å². The van der Waals surface area contributed by atoms with Crippen molar-refractivity contribution in [2.45, 2.75) is 204 Å². The van der Waals surface area contributed by atoms with E-state index in [1.165, 1.54) is 57.8 Å². The second-order valence-electron chi connectivity index (χ2n) is 18.4. The number of carbonyl (C=O) groups excluding carboxylic acids is 4. The van der Waals surface area contributed by atoms with E-state index >= 15 is 0 Å². The van der Waals surface area contributed by atoms with E-state index in [1.54, 1.807) is 0 Å². The van der Waals surface area contributed by atoms with E-state index in [1.807, 2.05) is 62.3 Å². The molecule has 2 aliphatic rings. The van der Waals surface area contributed by atoms with E-state index in [0.717, 1.165) is 76.2 Å². The number of unbranched alkanes of at least 4 members (excludes halogenated alkanes) is 4. The largest absolute Gasteiger partial charge is 0.501 e. The summed E-state index contributed by atoms with van der Waals surface area (Å²) in [6.45, 7) is 22.1. The zero-order valence-corrected chi connectivity index (χ0v) is 37.8. The van der Waals surface area contributed by atoms with Crippen LogP contribution in [0, 0.1) is 34.5 Å². The predicted octanol–water partition coefficient (Wildman–Crippen LogP) is 11.3. The van der Waals surface area contributed by atoms with E-state index in [2.05, 4.69) is 12.2 Å². The third-order valence-electron chi connectivity index (χ3n) is 11.4. The van der Waals surface area contributed by atoms with Crippen LogP contribution >= 0.6 is 0 Å². The Hall–Kier alpha value is -1.42. The summed E-state index contributed by atoms with van der Waals surface area (Å²) in [5.74, 6) is 4.38. The molecule has 316 valence electrons. The Morgan fingerprint density at radius 1 is 0.556 bits per heavy atom. The Balaban J connectivity index is 0.000000541. The number of hydrogen-bond donors (Lipinski definition) is 1. The molecule has 8 nitrogen and oxygen atoms in total. The first-order chi connectivity index (χ1) is 25.5. The minimum absolute atomic E-state index is 0.101. The Kier molecular flexibility index (Phi) is 25.5. The topological polar surface area (TPSA) is 108 Å². The first-order valence-electron chi connectivity index (χ1n) is 22.2. The molecule has 0 aromatic carbocycles. The van der Waals surface area contributed by atoms with Gasteiger partial charge >= 0.3 is 8.80 Å². The van der Waals surface area contributed by atoms with Gasteiger partial charge in [-0.2, -0.15) is 0 Å². The molecule has 1 N–H and O–H groups in total. The minimum atomic E-state index is -2.71. The molecule has 0 unspecified atom stereocenters. The van der Waals surface area contributed by atoms with Gasteiger partial charge in [0.05, 0.1) is 0 Å². The van der Waals surface area contributed by atoms with E-state index < -0.39 is 8.80 Å². The second-order valence-corrected chi connectivity index (χ2v) is 21.2. The molecule has 0 spiro atoms. The monoisotopic (exact) mass is 780 g/mol. The van der Waals surface area contributed by atoms with Gasteiger partial charge in [0.15, 0.2) is 0 Å². The molecule has 0 saturated heterocycles. The average molecular weight is 780 g/mol. The van der Waals surface area contributed by atoms with Crippen LogP contribution < -0.4 is 5.32 Å². The Morgan fingerprint density at radius 2 is 1.02 bits per heavy atom. The van der Waals surface area contributed by atoms with Crippen molar-refractivity contribution in [1.29, 1.82) is 0 Å². The van der Waals surface area contributed by atoms with Crippen molar-refractivity contribution < 1.29 is 32.5 Å². The zero-order valence-electron chi connectivity index (χ0n) is 36.8. The summed E-state index contributed by atoms with van der Waals surface area (Å²) in [6, 6.07) is 0.564. The molecule has 0 atom stereocenters. The molecule has 2 saturated carbocycles. The standard InChI is InChI=1S/C24H42O2.C21H43NO5Si/c1-5-6-22(25)16-20-11-7-18(8-12-20)15-19-9-13-21(14-10-19)17-23(26)24(2,3)4;1-7-25-28(26-8-2,27-9-3)18-16-19(23)15-13-11-10-12-14-17-22-20(24)21(4,5)6/h18-21H,5-17H2,1-4H3;7-18H2,1-6H3,(H,22,24). The summed E-state index contributed by atoms with van der Waals surface area (Å²) in [4.78, 5) is 48.1. The third-order valence-corrected chi connectivity index (χ3v) is 14.4. The highest BCUT2D eigenvalue weighted by Gasteiger charge is 2.40. The first kappa shape index (κ1) is 50.6. The molecule has 2 aliphatic carbocycles. The third kappa shape index (κ3) is 22.4. The van der Waals surface area contributed by atoms with Crippen molar-refractivity contribution in [3.8, 4) is 0 Å². The number of rotatable bonds is 25. The number of nitrogens with one attached hydrogen (secondary N) is 1. The highest BCUT2D eigenvalue weighted by molar-refractivity contribution is 6.61. The van der Waals surface area contributed by atoms with Crippen molar-refractivity contribution in [2.24, 2.45) is 34.5 Å². The van der Waals surface area contributed by atoms with Gasteiger partial charge in [-0.1, -0.05) is 93.4 Å². The molecule has 0 aromatic heterocycles. The quantitative estimate of drug-likeness (QED) is 0.0726.